The van der Waals surface area contributed by atoms with Crippen molar-refractivity contribution in [1.29, 1.82) is 0 Å². The van der Waals surface area contributed by atoms with Crippen LogP contribution in [0.5, 0.6) is 0 Å². The third-order valence-electron chi connectivity index (χ3n) is 4.84. The van der Waals surface area contributed by atoms with Crippen LogP contribution in [0, 0.1) is 5.92 Å². The predicted molar refractivity (Wildman–Crippen MR) is 126 cm³/mol. The number of thiocarbonyl (C=S) groups is 1. The molecule has 4 rings (SSSR count). The lowest BCUT2D eigenvalue weighted by Crippen LogP contribution is -2.31. The topological polar surface area (TPSA) is 21.6 Å². The van der Waals surface area contributed by atoms with E-state index in [4.69, 9.17) is 21.9 Å². The summed E-state index contributed by atoms with van der Waals surface area (Å²) in [4.78, 5) is 4.99. The molecule has 0 aromatic heterocycles. The van der Waals surface area contributed by atoms with E-state index in [0.717, 1.165) is 5.42 Å². The van der Waals surface area contributed by atoms with Crippen LogP contribution < -0.4 is 15.9 Å². The normalized spacial score (nSPS) is 14.2. The van der Waals surface area contributed by atoms with Crippen molar-refractivity contribution in [2.75, 3.05) is 0 Å². The van der Waals surface area contributed by atoms with E-state index < -0.39 is 6.89 Å². The first-order chi connectivity index (χ1) is 13.6. The van der Waals surface area contributed by atoms with Gasteiger partial charge in [-0.3, -0.25) is 0 Å². The van der Waals surface area contributed by atoms with Crippen molar-refractivity contribution in [3.8, 4) is 0 Å². The van der Waals surface area contributed by atoms with Crippen molar-refractivity contribution in [3.63, 3.8) is 0 Å². The van der Waals surface area contributed by atoms with Gasteiger partial charge >= 0.3 is 0 Å². The first-order valence-electron chi connectivity index (χ1n) is 9.38. The van der Waals surface area contributed by atoms with Crippen LogP contribution in [0.1, 0.15) is 13.8 Å². The van der Waals surface area contributed by atoms with Crippen LogP contribution in [-0.2, 0) is 4.74 Å². The van der Waals surface area contributed by atoms with Gasteiger partial charge in [0.25, 0.3) is 0 Å². The van der Waals surface area contributed by atoms with Gasteiger partial charge in [0.1, 0.15) is 5.42 Å². The predicted octanol–water partition coefficient (Wildman–Crippen LogP) is 4.52. The summed E-state index contributed by atoms with van der Waals surface area (Å²) in [6, 6.07) is 31.8. The minimum Gasteiger partial charge on any atom is -0.429 e. The quantitative estimate of drug-likeness (QED) is 0.472. The van der Waals surface area contributed by atoms with Crippen LogP contribution in [0.15, 0.2) is 96.0 Å². The highest BCUT2D eigenvalue weighted by Gasteiger charge is 2.36. The minimum atomic E-state index is -2.27. The highest BCUT2D eigenvalue weighted by molar-refractivity contribution is 7.98. The second-order valence-electron chi connectivity index (χ2n) is 7.00. The first-order valence-corrected chi connectivity index (χ1v) is 11.6. The van der Waals surface area contributed by atoms with Crippen LogP contribution in [0.3, 0.4) is 0 Å². The third kappa shape index (κ3) is 3.15. The molecule has 3 aromatic carbocycles. The fourth-order valence-electron chi connectivity index (χ4n) is 3.54. The molecule has 0 saturated heterocycles. The van der Waals surface area contributed by atoms with Crippen LogP contribution in [0.4, 0.5) is 0 Å². The van der Waals surface area contributed by atoms with E-state index in [-0.39, 0.29) is 5.92 Å². The SMILES string of the molecule is CC(C)C1=NC(=P(c2ccccc2)(c2ccccc2)c2ccccc2)C(=S)O1. The molecule has 0 N–H and O–H groups in total. The van der Waals surface area contributed by atoms with E-state index in [0.29, 0.717) is 10.9 Å². The van der Waals surface area contributed by atoms with Crippen molar-refractivity contribution in [2.24, 2.45) is 10.9 Å². The van der Waals surface area contributed by atoms with Crippen molar-refractivity contribution in [1.82, 2.24) is 0 Å². The number of aliphatic imine (C=N–C) groups is 1. The van der Waals surface area contributed by atoms with E-state index in [1.807, 2.05) is 18.2 Å². The van der Waals surface area contributed by atoms with E-state index >= 15 is 0 Å². The number of benzene rings is 3. The van der Waals surface area contributed by atoms with Crippen LogP contribution in [0.25, 0.3) is 0 Å². The Morgan fingerprint density at radius 3 is 1.43 bits per heavy atom. The molecule has 0 aliphatic carbocycles. The number of ether oxygens (including phenoxy) is 1. The van der Waals surface area contributed by atoms with Crippen LogP contribution in [0.2, 0.25) is 0 Å². The number of nitrogens with zero attached hydrogens (tertiary/aromatic N) is 1. The Morgan fingerprint density at radius 2 is 1.11 bits per heavy atom. The number of hydrogen-bond acceptors (Lipinski definition) is 2. The maximum absolute atomic E-state index is 5.98. The van der Waals surface area contributed by atoms with Crippen molar-refractivity contribution in [2.45, 2.75) is 13.8 Å². The lowest BCUT2D eigenvalue weighted by atomic mass is 10.2. The molecule has 0 saturated carbocycles. The van der Waals surface area contributed by atoms with Gasteiger partial charge in [-0.2, -0.15) is 0 Å². The van der Waals surface area contributed by atoms with E-state index in [1.165, 1.54) is 15.9 Å². The average Bonchev–Trinajstić information content (AvgIpc) is 3.14. The molecule has 4 heteroatoms. The second kappa shape index (κ2) is 7.87. The van der Waals surface area contributed by atoms with Gasteiger partial charge < -0.3 is 4.74 Å². The van der Waals surface area contributed by atoms with Crippen LogP contribution in [-0.4, -0.2) is 16.4 Å². The van der Waals surface area contributed by atoms with Crippen molar-refractivity contribution >= 4 is 51.4 Å². The van der Waals surface area contributed by atoms with Crippen LogP contribution >= 0.6 is 19.1 Å². The standard InChI is InChI=1S/C24H22NOPS/c1-18(2)22-25-23(24(28)26-22)27(19-12-6-3-7-13-19,20-14-8-4-9-15-20)21-16-10-5-11-17-21/h3-18H,1-2H3. The van der Waals surface area contributed by atoms with Gasteiger partial charge in [0.2, 0.25) is 5.05 Å². The Labute approximate surface area is 171 Å². The molecule has 3 aromatic rings. The molecule has 140 valence electrons. The van der Waals surface area contributed by atoms with Gasteiger partial charge in [0.05, 0.1) is 0 Å². The molecule has 0 bridgehead atoms. The molecule has 0 spiro atoms. The van der Waals surface area contributed by atoms with Gasteiger partial charge in [-0.05, 0) is 28.1 Å². The Hall–Kier alpha value is -2.48. The zero-order chi connectivity index (χ0) is 19.6. The molecule has 0 radical (unpaired) electrons. The summed E-state index contributed by atoms with van der Waals surface area (Å²) in [5, 5.41) is 4.17. The monoisotopic (exact) mass is 403 g/mol. The summed E-state index contributed by atoms with van der Waals surface area (Å²) >= 11 is 5.74. The zero-order valence-electron chi connectivity index (χ0n) is 15.9. The molecule has 1 aliphatic heterocycles. The Balaban J connectivity index is 2.21. The van der Waals surface area contributed by atoms with E-state index in [2.05, 4.69) is 86.6 Å². The largest absolute Gasteiger partial charge is 0.429 e. The van der Waals surface area contributed by atoms with Gasteiger partial charge in [-0.1, -0.05) is 105 Å². The molecule has 0 amide bonds. The maximum atomic E-state index is 5.98. The summed E-state index contributed by atoms with van der Waals surface area (Å²) in [5.74, 6) is 0.881. The molecule has 1 aliphatic rings. The molecule has 0 atom stereocenters. The smallest absolute Gasteiger partial charge is 0.219 e. The molecular formula is C24H22NOPS. The maximum Gasteiger partial charge on any atom is 0.219 e. The highest BCUT2D eigenvalue weighted by Crippen LogP contribution is 2.47. The first kappa shape index (κ1) is 18.9. The van der Waals surface area contributed by atoms with Crippen molar-refractivity contribution in [3.05, 3.63) is 91.0 Å². The number of hydrogen-bond donors (Lipinski definition) is 0. The summed E-state index contributed by atoms with van der Waals surface area (Å²) in [6.07, 6.45) is 0. The highest BCUT2D eigenvalue weighted by atomic mass is 32.1. The molecule has 28 heavy (non-hydrogen) atoms. The molecule has 0 fully saturated rings. The van der Waals surface area contributed by atoms with Gasteiger partial charge in [0.15, 0.2) is 5.90 Å². The van der Waals surface area contributed by atoms with Gasteiger partial charge in [-0.15, -0.1) is 0 Å². The van der Waals surface area contributed by atoms with Gasteiger partial charge in [0, 0.05) is 12.8 Å². The summed E-state index contributed by atoms with van der Waals surface area (Å²) in [5.41, 5.74) is 0.884. The zero-order valence-corrected chi connectivity index (χ0v) is 17.7. The van der Waals surface area contributed by atoms with E-state index in [1.54, 1.807) is 0 Å². The summed E-state index contributed by atoms with van der Waals surface area (Å²) in [6.45, 7) is 1.89. The van der Waals surface area contributed by atoms with E-state index in [9.17, 15) is 0 Å². The Morgan fingerprint density at radius 1 is 0.714 bits per heavy atom. The Bertz CT molecular complexity index is 970. The fraction of sp³-hybridized carbons (Fsp3) is 0.125. The van der Waals surface area contributed by atoms with Gasteiger partial charge in [-0.25, -0.2) is 4.99 Å². The lowest BCUT2D eigenvalue weighted by Gasteiger charge is -2.29. The number of rotatable bonds is 4. The lowest BCUT2D eigenvalue weighted by molar-refractivity contribution is 0.531. The molecule has 0 unspecified atom stereocenters. The third-order valence-corrected chi connectivity index (χ3v) is 9.42. The molecular weight excluding hydrogens is 381 g/mol. The fourth-order valence-corrected chi connectivity index (χ4v) is 8.14. The average molecular weight is 403 g/mol. The molecule has 2 nitrogen and oxygen atoms in total. The summed E-state index contributed by atoms with van der Waals surface area (Å²) in [7, 11) is 0. The second-order valence-corrected chi connectivity index (χ2v) is 10.7. The molecule has 1 heterocycles. The summed E-state index contributed by atoms with van der Waals surface area (Å²) < 4.78 is 5.98. The minimum absolute atomic E-state index is 0.180. The van der Waals surface area contributed by atoms with Crippen molar-refractivity contribution < 1.29 is 4.74 Å². The Kier molecular flexibility index (Phi) is 5.30.